The Hall–Kier alpha value is -1.40. The van der Waals surface area contributed by atoms with Crippen LogP contribution in [0, 0.1) is 0 Å². The number of aromatic nitrogens is 3. The molecule has 0 bridgehead atoms. The average molecular weight is 326 g/mol. The number of nitrogens with zero attached hydrogens (tertiary/aromatic N) is 3. The number of ether oxygens (including phenoxy) is 1. The standard InChI is InChI=1S/C13H16BrN3O2/c1-3-7-19-10-6-4-5-9(8-10)12(18)11-13(14)15-16-17(11)2/h4-6,8,12,18H,3,7H2,1-2H3. The van der Waals surface area contributed by atoms with Crippen LogP contribution in [0.4, 0.5) is 0 Å². The molecule has 0 amide bonds. The molecule has 6 heteroatoms. The van der Waals surface area contributed by atoms with E-state index in [1.807, 2.05) is 24.3 Å². The smallest absolute Gasteiger partial charge is 0.154 e. The third-order valence-corrected chi connectivity index (χ3v) is 3.30. The SMILES string of the molecule is CCCOc1cccc(C(O)c2c(Br)nnn2C)c1. The van der Waals surface area contributed by atoms with Gasteiger partial charge in [0.2, 0.25) is 0 Å². The van der Waals surface area contributed by atoms with Crippen molar-refractivity contribution in [1.29, 1.82) is 0 Å². The molecule has 0 saturated heterocycles. The fourth-order valence-electron chi connectivity index (χ4n) is 1.78. The molecule has 1 aromatic heterocycles. The highest BCUT2D eigenvalue weighted by molar-refractivity contribution is 9.10. The lowest BCUT2D eigenvalue weighted by molar-refractivity contribution is 0.208. The van der Waals surface area contributed by atoms with Crippen LogP contribution in [-0.2, 0) is 7.05 Å². The second-order valence-corrected chi connectivity index (χ2v) is 4.96. The Morgan fingerprint density at radius 3 is 2.89 bits per heavy atom. The van der Waals surface area contributed by atoms with Crippen LogP contribution in [0.15, 0.2) is 28.9 Å². The lowest BCUT2D eigenvalue weighted by atomic mass is 10.1. The van der Waals surface area contributed by atoms with Crippen LogP contribution in [0.3, 0.4) is 0 Å². The highest BCUT2D eigenvalue weighted by atomic mass is 79.9. The van der Waals surface area contributed by atoms with Gasteiger partial charge in [0.05, 0.1) is 6.61 Å². The number of hydrogen-bond acceptors (Lipinski definition) is 4. The average Bonchev–Trinajstić information content (AvgIpc) is 2.75. The van der Waals surface area contributed by atoms with E-state index in [2.05, 4.69) is 33.2 Å². The molecule has 19 heavy (non-hydrogen) atoms. The zero-order valence-corrected chi connectivity index (χ0v) is 12.5. The first kappa shape index (κ1) is 14.0. The minimum atomic E-state index is -0.792. The van der Waals surface area contributed by atoms with Crippen molar-refractivity contribution in [3.8, 4) is 5.75 Å². The van der Waals surface area contributed by atoms with Crippen molar-refractivity contribution >= 4 is 15.9 Å². The van der Waals surface area contributed by atoms with Gasteiger partial charge in [0.15, 0.2) is 4.60 Å². The Kier molecular flexibility index (Phi) is 4.55. The Labute approximate surface area is 120 Å². The summed E-state index contributed by atoms with van der Waals surface area (Å²) in [4.78, 5) is 0. The van der Waals surface area contributed by atoms with Crippen molar-refractivity contribution in [1.82, 2.24) is 15.0 Å². The van der Waals surface area contributed by atoms with E-state index in [4.69, 9.17) is 4.74 Å². The van der Waals surface area contributed by atoms with E-state index in [9.17, 15) is 5.11 Å². The molecule has 2 aromatic rings. The van der Waals surface area contributed by atoms with E-state index >= 15 is 0 Å². The van der Waals surface area contributed by atoms with Crippen molar-refractivity contribution in [3.63, 3.8) is 0 Å². The van der Waals surface area contributed by atoms with Crippen molar-refractivity contribution < 1.29 is 9.84 Å². The van der Waals surface area contributed by atoms with Crippen LogP contribution in [0.5, 0.6) is 5.75 Å². The number of rotatable bonds is 5. The molecule has 1 heterocycles. The Morgan fingerprint density at radius 1 is 1.47 bits per heavy atom. The van der Waals surface area contributed by atoms with E-state index in [0.29, 0.717) is 16.9 Å². The summed E-state index contributed by atoms with van der Waals surface area (Å²) in [6, 6.07) is 7.42. The number of hydrogen-bond donors (Lipinski definition) is 1. The zero-order valence-electron chi connectivity index (χ0n) is 10.9. The second-order valence-electron chi connectivity index (χ2n) is 4.21. The van der Waals surface area contributed by atoms with Crippen LogP contribution >= 0.6 is 15.9 Å². The number of aliphatic hydroxyl groups excluding tert-OH is 1. The summed E-state index contributed by atoms with van der Waals surface area (Å²) in [7, 11) is 1.74. The normalized spacial score (nSPS) is 12.4. The highest BCUT2D eigenvalue weighted by Gasteiger charge is 2.19. The first-order valence-electron chi connectivity index (χ1n) is 6.09. The molecule has 0 aliphatic carbocycles. The maximum atomic E-state index is 10.4. The van der Waals surface area contributed by atoms with Gasteiger partial charge in [-0.1, -0.05) is 24.3 Å². The molecule has 0 saturated carbocycles. The molecule has 0 aliphatic rings. The predicted molar refractivity (Wildman–Crippen MR) is 75.0 cm³/mol. The fourth-order valence-corrected chi connectivity index (χ4v) is 2.33. The minimum Gasteiger partial charge on any atom is -0.494 e. The van der Waals surface area contributed by atoms with Gasteiger partial charge in [-0.15, -0.1) is 5.10 Å². The number of benzene rings is 1. The summed E-state index contributed by atoms with van der Waals surface area (Å²) in [6.45, 7) is 2.72. The van der Waals surface area contributed by atoms with Gasteiger partial charge in [-0.25, -0.2) is 4.68 Å². The quantitative estimate of drug-likeness (QED) is 0.917. The Morgan fingerprint density at radius 2 is 2.26 bits per heavy atom. The van der Waals surface area contributed by atoms with Crippen LogP contribution in [0.2, 0.25) is 0 Å². The summed E-state index contributed by atoms with van der Waals surface area (Å²) >= 11 is 3.29. The summed E-state index contributed by atoms with van der Waals surface area (Å²) in [6.07, 6.45) is 0.156. The van der Waals surface area contributed by atoms with Gasteiger partial charge in [0.25, 0.3) is 0 Å². The molecule has 5 nitrogen and oxygen atoms in total. The molecule has 102 valence electrons. The van der Waals surface area contributed by atoms with Gasteiger partial charge in [0.1, 0.15) is 17.5 Å². The van der Waals surface area contributed by atoms with Gasteiger partial charge in [-0.3, -0.25) is 0 Å². The maximum Gasteiger partial charge on any atom is 0.154 e. The fraction of sp³-hybridized carbons (Fsp3) is 0.385. The molecular weight excluding hydrogens is 310 g/mol. The summed E-state index contributed by atoms with van der Waals surface area (Å²) < 4.78 is 7.66. The molecule has 1 aromatic carbocycles. The molecular formula is C13H16BrN3O2. The van der Waals surface area contributed by atoms with Crippen LogP contribution in [0.25, 0.3) is 0 Å². The van der Waals surface area contributed by atoms with Crippen molar-refractivity contribution in [2.45, 2.75) is 19.4 Å². The minimum absolute atomic E-state index is 0.544. The highest BCUT2D eigenvalue weighted by Crippen LogP contribution is 2.28. The topological polar surface area (TPSA) is 60.2 Å². The molecule has 1 N–H and O–H groups in total. The van der Waals surface area contributed by atoms with E-state index in [1.165, 1.54) is 0 Å². The first-order chi connectivity index (χ1) is 9.13. The second kappa shape index (κ2) is 6.16. The van der Waals surface area contributed by atoms with Crippen molar-refractivity contribution in [2.24, 2.45) is 7.05 Å². The zero-order chi connectivity index (χ0) is 13.8. The third kappa shape index (κ3) is 3.13. The van der Waals surface area contributed by atoms with Crippen molar-refractivity contribution in [3.05, 3.63) is 40.1 Å². The lowest BCUT2D eigenvalue weighted by Gasteiger charge is -2.13. The molecule has 0 radical (unpaired) electrons. The molecule has 1 unspecified atom stereocenters. The molecule has 0 fully saturated rings. The van der Waals surface area contributed by atoms with Crippen LogP contribution in [0.1, 0.15) is 30.7 Å². The van der Waals surface area contributed by atoms with Gasteiger partial charge in [-0.05, 0) is 40.0 Å². The maximum absolute atomic E-state index is 10.4. The Bertz CT molecular complexity index is 537. The lowest BCUT2D eigenvalue weighted by Crippen LogP contribution is -2.07. The van der Waals surface area contributed by atoms with E-state index in [-0.39, 0.29) is 0 Å². The monoisotopic (exact) mass is 325 g/mol. The van der Waals surface area contributed by atoms with Crippen molar-refractivity contribution in [2.75, 3.05) is 6.61 Å². The first-order valence-corrected chi connectivity index (χ1v) is 6.88. The third-order valence-electron chi connectivity index (χ3n) is 2.73. The van der Waals surface area contributed by atoms with E-state index in [0.717, 1.165) is 17.7 Å². The molecule has 1 atom stereocenters. The summed E-state index contributed by atoms with van der Waals surface area (Å²) in [5, 5.41) is 18.1. The largest absolute Gasteiger partial charge is 0.494 e. The Balaban J connectivity index is 2.26. The van der Waals surface area contributed by atoms with E-state index < -0.39 is 6.10 Å². The van der Waals surface area contributed by atoms with Gasteiger partial charge in [0, 0.05) is 7.05 Å². The summed E-state index contributed by atoms with van der Waals surface area (Å²) in [5.74, 6) is 0.754. The number of halogens is 1. The van der Waals surface area contributed by atoms with Crippen LogP contribution in [-0.4, -0.2) is 26.7 Å². The van der Waals surface area contributed by atoms with Gasteiger partial charge < -0.3 is 9.84 Å². The molecule has 0 aliphatic heterocycles. The number of aryl methyl sites for hydroxylation is 1. The van der Waals surface area contributed by atoms with Gasteiger partial charge >= 0.3 is 0 Å². The predicted octanol–water partition coefficient (Wildman–Crippen LogP) is 2.45. The van der Waals surface area contributed by atoms with Crippen LogP contribution < -0.4 is 4.74 Å². The van der Waals surface area contributed by atoms with Gasteiger partial charge in [-0.2, -0.15) is 0 Å². The molecule has 0 spiro atoms. The summed E-state index contributed by atoms with van der Waals surface area (Å²) in [5.41, 5.74) is 1.37. The number of aliphatic hydroxyl groups is 1. The van der Waals surface area contributed by atoms with E-state index in [1.54, 1.807) is 11.7 Å². The molecule has 2 rings (SSSR count).